The van der Waals surface area contributed by atoms with Gasteiger partial charge in [0, 0.05) is 28.2 Å². The van der Waals surface area contributed by atoms with Gasteiger partial charge in [0.05, 0.1) is 11.4 Å². The molecule has 2 heterocycles. The van der Waals surface area contributed by atoms with Crippen molar-refractivity contribution in [2.24, 2.45) is 0 Å². The summed E-state index contributed by atoms with van der Waals surface area (Å²) in [6.45, 7) is 23.2. The molecule has 0 bridgehead atoms. The summed E-state index contributed by atoms with van der Waals surface area (Å²) in [5.41, 5.74) is 6.38. The molecule has 2 aromatic heterocycles. The second-order valence-electron chi connectivity index (χ2n) is 6.43. The second kappa shape index (κ2) is 11.1. The third kappa shape index (κ3) is 5.82. The van der Waals surface area contributed by atoms with Crippen LogP contribution in [-0.4, -0.2) is 9.55 Å². The van der Waals surface area contributed by atoms with Gasteiger partial charge in [-0.25, -0.2) is 4.98 Å². The summed E-state index contributed by atoms with van der Waals surface area (Å²) in [6.07, 6.45) is 5.86. The summed E-state index contributed by atoms with van der Waals surface area (Å²) < 4.78 is 2.31. The Kier molecular flexibility index (Phi) is 9.54. The van der Waals surface area contributed by atoms with E-state index in [1.165, 1.54) is 17.7 Å². The molecule has 2 aromatic rings. The lowest BCUT2D eigenvalue weighted by Gasteiger charge is -2.09. The van der Waals surface area contributed by atoms with Gasteiger partial charge >= 0.3 is 0 Å². The average molecular weight is 403 g/mol. The Morgan fingerprint density at radius 1 is 1.30 bits per heavy atom. The van der Waals surface area contributed by atoms with E-state index in [0.717, 1.165) is 40.5 Å². The van der Waals surface area contributed by atoms with E-state index in [2.05, 4.69) is 63.4 Å². The topological polar surface area (TPSA) is 17.8 Å². The number of nitrogens with zero attached hydrogens (tertiary/aromatic N) is 2. The zero-order valence-electron chi connectivity index (χ0n) is 17.2. The van der Waals surface area contributed by atoms with Crippen molar-refractivity contribution in [2.45, 2.75) is 54.0 Å². The molecule has 27 heavy (non-hydrogen) atoms. The lowest BCUT2D eigenvalue weighted by atomic mass is 10.1. The summed E-state index contributed by atoms with van der Waals surface area (Å²) in [6, 6.07) is 2.18. The molecule has 0 radical (unpaired) electrons. The molecule has 0 N–H and O–H groups in total. The lowest BCUT2D eigenvalue weighted by Crippen LogP contribution is -2.02. The second-order valence-corrected chi connectivity index (χ2v) is 7.74. The van der Waals surface area contributed by atoms with Crippen LogP contribution >= 0.6 is 22.9 Å². The molecule has 2 nitrogen and oxygen atoms in total. The number of aromatic nitrogens is 2. The Bertz CT molecular complexity index is 837. The maximum absolute atomic E-state index is 6.10. The number of halogens is 1. The van der Waals surface area contributed by atoms with E-state index in [-0.39, 0.29) is 0 Å². The molecular weight excluding hydrogens is 372 g/mol. The number of rotatable bonds is 7. The van der Waals surface area contributed by atoms with Gasteiger partial charge in [-0.05, 0) is 37.5 Å². The van der Waals surface area contributed by atoms with E-state index in [4.69, 9.17) is 16.6 Å². The standard InChI is InChI=1S/C20H23ClN2S.C3H8/c1-7-9-16(14(5)21)20-22-18(12-24-20)19-11-17(13(3)4)15(6)23(19)10-8-2;1-3-2/h7,9,11-12H,1,3,5,8,10H2,2,4,6H3;3H2,1-2H3/b16-9+;. The molecule has 0 amide bonds. The van der Waals surface area contributed by atoms with Crippen molar-refractivity contribution in [2.75, 3.05) is 0 Å². The maximum atomic E-state index is 6.10. The van der Waals surface area contributed by atoms with E-state index < -0.39 is 0 Å². The van der Waals surface area contributed by atoms with Gasteiger partial charge in [0.1, 0.15) is 5.01 Å². The maximum Gasteiger partial charge on any atom is 0.125 e. The normalized spacial score (nSPS) is 11.0. The van der Waals surface area contributed by atoms with E-state index >= 15 is 0 Å². The Balaban J connectivity index is 0.00000114. The summed E-state index contributed by atoms with van der Waals surface area (Å²) in [4.78, 5) is 4.78. The largest absolute Gasteiger partial charge is 0.343 e. The molecule has 0 unspecified atom stereocenters. The number of hydrogen-bond acceptors (Lipinski definition) is 2. The quantitative estimate of drug-likeness (QED) is 0.427. The summed E-state index contributed by atoms with van der Waals surface area (Å²) >= 11 is 7.67. The number of thiazole rings is 1. The fourth-order valence-electron chi connectivity index (χ4n) is 2.71. The fraction of sp³-hybridized carbons (Fsp3) is 0.348. The third-order valence-corrected chi connectivity index (χ3v) is 4.93. The van der Waals surface area contributed by atoms with E-state index in [9.17, 15) is 0 Å². The van der Waals surface area contributed by atoms with Gasteiger partial charge in [-0.15, -0.1) is 11.3 Å². The van der Waals surface area contributed by atoms with Crippen molar-refractivity contribution in [3.8, 4) is 11.4 Å². The van der Waals surface area contributed by atoms with E-state index in [0.29, 0.717) is 5.03 Å². The zero-order chi connectivity index (χ0) is 20.6. The first-order chi connectivity index (χ1) is 12.8. The van der Waals surface area contributed by atoms with Gasteiger partial charge in [0.15, 0.2) is 0 Å². The highest BCUT2D eigenvalue weighted by Gasteiger charge is 2.17. The van der Waals surface area contributed by atoms with Gasteiger partial charge in [-0.3, -0.25) is 0 Å². The molecule has 0 aromatic carbocycles. The molecule has 0 fully saturated rings. The van der Waals surface area contributed by atoms with Gasteiger partial charge in [0.2, 0.25) is 0 Å². The van der Waals surface area contributed by atoms with Gasteiger partial charge in [0.25, 0.3) is 0 Å². The van der Waals surface area contributed by atoms with E-state index in [1.807, 2.05) is 13.0 Å². The highest BCUT2D eigenvalue weighted by molar-refractivity contribution is 7.11. The summed E-state index contributed by atoms with van der Waals surface area (Å²) in [5.74, 6) is 0. The smallest absolute Gasteiger partial charge is 0.125 e. The van der Waals surface area contributed by atoms with Crippen LogP contribution in [0.25, 0.3) is 22.5 Å². The molecule has 2 rings (SSSR count). The van der Waals surface area contributed by atoms with Crippen LogP contribution < -0.4 is 0 Å². The number of hydrogen-bond donors (Lipinski definition) is 0. The van der Waals surface area contributed by atoms with Crippen LogP contribution in [0.1, 0.15) is 56.8 Å². The minimum absolute atomic E-state index is 0.471. The molecule has 0 aliphatic rings. The van der Waals surface area contributed by atoms with Crippen LogP contribution in [0.15, 0.2) is 48.4 Å². The third-order valence-electron chi connectivity index (χ3n) is 3.85. The molecule has 0 atom stereocenters. The first-order valence-electron chi connectivity index (χ1n) is 9.31. The minimum Gasteiger partial charge on any atom is -0.343 e. The first-order valence-corrected chi connectivity index (χ1v) is 10.6. The molecule has 4 heteroatoms. The predicted octanol–water partition coefficient (Wildman–Crippen LogP) is 8.10. The zero-order valence-corrected chi connectivity index (χ0v) is 18.8. The van der Waals surface area contributed by atoms with Crippen LogP contribution in [0.3, 0.4) is 0 Å². The van der Waals surface area contributed by atoms with Gasteiger partial charge < -0.3 is 4.57 Å². The molecule has 146 valence electrons. The van der Waals surface area contributed by atoms with Crippen LogP contribution in [-0.2, 0) is 6.54 Å². The summed E-state index contributed by atoms with van der Waals surface area (Å²) in [5, 5.41) is 3.39. The van der Waals surface area contributed by atoms with Crippen LogP contribution in [0.2, 0.25) is 0 Å². The van der Waals surface area contributed by atoms with Crippen molar-refractivity contribution in [1.29, 1.82) is 0 Å². The lowest BCUT2D eigenvalue weighted by molar-refractivity contribution is 0.670. The van der Waals surface area contributed by atoms with Crippen molar-refractivity contribution < 1.29 is 0 Å². The van der Waals surface area contributed by atoms with E-state index in [1.54, 1.807) is 17.4 Å². The van der Waals surface area contributed by atoms with Crippen molar-refractivity contribution in [1.82, 2.24) is 9.55 Å². The predicted molar refractivity (Wildman–Crippen MR) is 124 cm³/mol. The van der Waals surface area contributed by atoms with Crippen molar-refractivity contribution in [3.63, 3.8) is 0 Å². The molecule has 0 saturated heterocycles. The molecule has 0 aliphatic heterocycles. The highest BCUT2D eigenvalue weighted by Crippen LogP contribution is 2.34. The Labute approximate surface area is 173 Å². The van der Waals surface area contributed by atoms with Crippen LogP contribution in [0, 0.1) is 6.92 Å². The molecule has 0 spiro atoms. The summed E-state index contributed by atoms with van der Waals surface area (Å²) in [7, 11) is 0. The SMILES string of the molecule is C=C/C=C(\C(=C)Cl)c1nc(-c2cc(C(=C)C)c(C)n2CCC)cs1.CCC. The van der Waals surface area contributed by atoms with Crippen molar-refractivity contribution in [3.05, 3.63) is 64.6 Å². The number of allylic oxidation sites excluding steroid dienone is 5. The minimum atomic E-state index is 0.471. The van der Waals surface area contributed by atoms with Gasteiger partial charge in [-0.2, -0.15) is 0 Å². The molecule has 0 saturated carbocycles. The Morgan fingerprint density at radius 2 is 1.93 bits per heavy atom. The van der Waals surface area contributed by atoms with Crippen molar-refractivity contribution >= 4 is 34.1 Å². The fourth-order valence-corrected chi connectivity index (χ4v) is 3.79. The molecule has 0 aliphatic carbocycles. The highest BCUT2D eigenvalue weighted by atomic mass is 35.5. The Morgan fingerprint density at radius 3 is 2.41 bits per heavy atom. The average Bonchev–Trinajstić information content (AvgIpc) is 3.19. The van der Waals surface area contributed by atoms with Crippen LogP contribution in [0.5, 0.6) is 0 Å². The molecular formula is C23H31ClN2S. The van der Waals surface area contributed by atoms with Gasteiger partial charge in [-0.1, -0.05) is 70.7 Å². The first kappa shape index (κ1) is 23.2. The van der Waals surface area contributed by atoms with Crippen LogP contribution in [0.4, 0.5) is 0 Å². The Hall–Kier alpha value is -1.84. The monoisotopic (exact) mass is 402 g/mol.